The molecule has 1 aromatic heterocycles. The molecule has 126 valence electrons. The molecule has 0 spiro atoms. The molecule has 2 aromatic rings. The predicted molar refractivity (Wildman–Crippen MR) is 82.2 cm³/mol. The third-order valence-corrected chi connectivity index (χ3v) is 3.13. The van der Waals surface area contributed by atoms with Crippen LogP contribution in [0.25, 0.3) is 0 Å². The van der Waals surface area contributed by atoms with Crippen LogP contribution in [0.5, 0.6) is 5.75 Å². The Balaban J connectivity index is 2.40. The smallest absolute Gasteiger partial charge is 0.320 e. The number of ether oxygens (including phenoxy) is 1. The van der Waals surface area contributed by atoms with E-state index in [1.807, 2.05) is 0 Å². The molecule has 0 radical (unpaired) electrons. The molecule has 0 aliphatic heterocycles. The maximum absolute atomic E-state index is 12.4. The van der Waals surface area contributed by atoms with Gasteiger partial charge in [0.15, 0.2) is 0 Å². The summed E-state index contributed by atoms with van der Waals surface area (Å²) in [4.78, 5) is 32.9. The minimum Gasteiger partial charge on any atom is -0.496 e. The van der Waals surface area contributed by atoms with Crippen LogP contribution in [-0.4, -0.2) is 32.6 Å². The number of carbonyl (C=O) groups excluding carboxylic acids is 1. The fourth-order valence-electron chi connectivity index (χ4n) is 2.05. The SMILES string of the molecule is CCn1ncc([N+](=O)[O-])c1C(=O)Nc1cc(OC)cc([N+](=O)[O-])c1. The molecule has 0 saturated heterocycles. The summed E-state index contributed by atoms with van der Waals surface area (Å²) in [5.41, 5.74) is -0.910. The van der Waals surface area contributed by atoms with Crippen molar-refractivity contribution in [1.82, 2.24) is 9.78 Å². The van der Waals surface area contributed by atoms with Crippen molar-refractivity contribution in [2.24, 2.45) is 0 Å². The molecule has 0 unspecified atom stereocenters. The molecule has 0 fully saturated rings. The van der Waals surface area contributed by atoms with Gasteiger partial charge in [0.25, 0.3) is 11.6 Å². The molecule has 11 heteroatoms. The van der Waals surface area contributed by atoms with Gasteiger partial charge in [0.2, 0.25) is 5.69 Å². The van der Waals surface area contributed by atoms with Gasteiger partial charge in [-0.1, -0.05) is 0 Å². The molecule has 1 aromatic carbocycles. The van der Waals surface area contributed by atoms with E-state index in [9.17, 15) is 25.0 Å². The number of benzene rings is 1. The Morgan fingerprint density at radius 1 is 1.29 bits per heavy atom. The Morgan fingerprint density at radius 2 is 2.00 bits per heavy atom. The standard InChI is InChI=1S/C13H13N5O6/c1-3-16-12(11(7-14-16)18(22)23)13(19)15-8-4-9(17(20)21)6-10(5-8)24-2/h4-7H,3H2,1-2H3,(H,15,19). The highest BCUT2D eigenvalue weighted by atomic mass is 16.6. The second-order valence-electron chi connectivity index (χ2n) is 4.58. The second-order valence-corrected chi connectivity index (χ2v) is 4.58. The van der Waals surface area contributed by atoms with Crippen molar-refractivity contribution in [3.63, 3.8) is 0 Å². The molecule has 0 bridgehead atoms. The Labute approximate surface area is 135 Å². The van der Waals surface area contributed by atoms with Gasteiger partial charge in [-0.05, 0) is 6.92 Å². The van der Waals surface area contributed by atoms with E-state index in [1.54, 1.807) is 6.92 Å². The second kappa shape index (κ2) is 6.73. The number of rotatable bonds is 6. The maximum Gasteiger partial charge on any atom is 0.320 e. The highest BCUT2D eigenvalue weighted by molar-refractivity contribution is 6.06. The van der Waals surface area contributed by atoms with E-state index in [-0.39, 0.29) is 29.4 Å². The summed E-state index contributed by atoms with van der Waals surface area (Å²) >= 11 is 0. The van der Waals surface area contributed by atoms with Crippen LogP contribution >= 0.6 is 0 Å². The zero-order valence-corrected chi connectivity index (χ0v) is 12.8. The molecular weight excluding hydrogens is 322 g/mol. The zero-order valence-electron chi connectivity index (χ0n) is 12.8. The molecular formula is C13H13N5O6. The third-order valence-electron chi connectivity index (χ3n) is 3.13. The highest BCUT2D eigenvalue weighted by Crippen LogP contribution is 2.27. The van der Waals surface area contributed by atoms with Gasteiger partial charge in [0.05, 0.1) is 28.7 Å². The van der Waals surface area contributed by atoms with Gasteiger partial charge in [-0.25, -0.2) is 0 Å². The Morgan fingerprint density at radius 3 is 2.54 bits per heavy atom. The lowest BCUT2D eigenvalue weighted by molar-refractivity contribution is -0.385. The summed E-state index contributed by atoms with van der Waals surface area (Å²) in [6.07, 6.45) is 0.979. The monoisotopic (exact) mass is 335 g/mol. The summed E-state index contributed by atoms with van der Waals surface area (Å²) in [5.74, 6) is -0.637. The summed E-state index contributed by atoms with van der Waals surface area (Å²) in [5, 5.41) is 28.1. The molecule has 0 atom stereocenters. The number of non-ortho nitro benzene ring substituents is 1. The first kappa shape index (κ1) is 16.9. The maximum atomic E-state index is 12.4. The van der Waals surface area contributed by atoms with Gasteiger partial charge in [0.1, 0.15) is 11.9 Å². The summed E-state index contributed by atoms with van der Waals surface area (Å²) in [6.45, 7) is 1.92. The normalized spacial score (nSPS) is 10.2. The minimum absolute atomic E-state index is 0.0733. The van der Waals surface area contributed by atoms with E-state index >= 15 is 0 Å². The van der Waals surface area contributed by atoms with Crippen molar-refractivity contribution >= 4 is 23.0 Å². The molecule has 2 rings (SSSR count). The van der Waals surface area contributed by atoms with Gasteiger partial charge >= 0.3 is 5.69 Å². The van der Waals surface area contributed by atoms with Crippen molar-refractivity contribution in [3.05, 3.63) is 50.3 Å². The number of anilines is 1. The number of methoxy groups -OCH3 is 1. The molecule has 0 aliphatic carbocycles. The van der Waals surface area contributed by atoms with Crippen LogP contribution in [0.15, 0.2) is 24.4 Å². The van der Waals surface area contributed by atoms with Crippen molar-refractivity contribution < 1.29 is 19.4 Å². The van der Waals surface area contributed by atoms with Gasteiger partial charge in [-0.15, -0.1) is 0 Å². The lowest BCUT2D eigenvalue weighted by Crippen LogP contribution is -2.18. The number of aryl methyl sites for hydroxylation is 1. The van der Waals surface area contributed by atoms with E-state index in [4.69, 9.17) is 4.74 Å². The minimum atomic E-state index is -0.802. The zero-order chi connectivity index (χ0) is 17.9. The summed E-state index contributed by atoms with van der Waals surface area (Å²) in [7, 11) is 1.32. The average molecular weight is 335 g/mol. The number of hydrogen-bond donors (Lipinski definition) is 1. The number of aromatic nitrogens is 2. The van der Waals surface area contributed by atoms with Gasteiger partial charge in [0, 0.05) is 18.7 Å². The van der Waals surface area contributed by atoms with Gasteiger partial charge < -0.3 is 10.1 Å². The fourth-order valence-corrected chi connectivity index (χ4v) is 2.05. The molecule has 0 saturated carbocycles. The number of amides is 1. The number of nitrogens with zero attached hydrogens (tertiary/aromatic N) is 4. The molecule has 0 aliphatic rings. The summed E-state index contributed by atoms with van der Waals surface area (Å²) < 4.78 is 6.11. The Bertz CT molecular complexity index is 815. The quantitative estimate of drug-likeness (QED) is 0.628. The first-order valence-electron chi connectivity index (χ1n) is 6.72. The highest BCUT2D eigenvalue weighted by Gasteiger charge is 2.26. The molecule has 1 heterocycles. The topological polar surface area (TPSA) is 142 Å². The van der Waals surface area contributed by atoms with Crippen molar-refractivity contribution in [3.8, 4) is 5.75 Å². The van der Waals surface area contributed by atoms with Crippen LogP contribution in [0, 0.1) is 20.2 Å². The third kappa shape index (κ3) is 3.29. The molecule has 11 nitrogen and oxygen atoms in total. The van der Waals surface area contributed by atoms with Crippen LogP contribution in [0.1, 0.15) is 17.4 Å². The van der Waals surface area contributed by atoms with E-state index in [0.717, 1.165) is 12.3 Å². The number of nitro benzene ring substituents is 1. The lowest BCUT2D eigenvalue weighted by atomic mass is 10.2. The largest absolute Gasteiger partial charge is 0.496 e. The first-order valence-corrected chi connectivity index (χ1v) is 6.72. The number of hydrogen-bond acceptors (Lipinski definition) is 7. The van der Waals surface area contributed by atoms with Crippen LogP contribution in [0.3, 0.4) is 0 Å². The Hall–Kier alpha value is -3.50. The van der Waals surface area contributed by atoms with Crippen molar-refractivity contribution in [2.75, 3.05) is 12.4 Å². The van der Waals surface area contributed by atoms with E-state index in [0.29, 0.717) is 0 Å². The summed E-state index contributed by atoms with van der Waals surface area (Å²) in [6, 6.07) is 3.68. The molecule has 24 heavy (non-hydrogen) atoms. The van der Waals surface area contributed by atoms with Crippen LogP contribution < -0.4 is 10.1 Å². The van der Waals surface area contributed by atoms with Gasteiger partial charge in [-0.2, -0.15) is 5.10 Å². The van der Waals surface area contributed by atoms with Crippen molar-refractivity contribution in [1.29, 1.82) is 0 Å². The number of nitro groups is 2. The number of carbonyl (C=O) groups is 1. The van der Waals surface area contributed by atoms with E-state index in [2.05, 4.69) is 10.4 Å². The van der Waals surface area contributed by atoms with Crippen LogP contribution in [-0.2, 0) is 6.54 Å². The predicted octanol–water partition coefficient (Wildman–Crippen LogP) is 1.98. The average Bonchev–Trinajstić information content (AvgIpc) is 2.98. The fraction of sp³-hybridized carbons (Fsp3) is 0.231. The van der Waals surface area contributed by atoms with E-state index in [1.165, 1.54) is 23.9 Å². The van der Waals surface area contributed by atoms with E-state index < -0.39 is 21.4 Å². The molecule has 1 N–H and O–H groups in total. The number of nitrogens with one attached hydrogen (secondary N) is 1. The van der Waals surface area contributed by atoms with Crippen LogP contribution in [0.4, 0.5) is 17.1 Å². The Kier molecular flexibility index (Phi) is 4.73. The van der Waals surface area contributed by atoms with Gasteiger partial charge in [-0.3, -0.25) is 29.7 Å². The lowest BCUT2D eigenvalue weighted by Gasteiger charge is -2.08. The first-order chi connectivity index (χ1) is 11.4. The molecule has 1 amide bonds. The van der Waals surface area contributed by atoms with Crippen LogP contribution in [0.2, 0.25) is 0 Å². The van der Waals surface area contributed by atoms with Crippen molar-refractivity contribution in [2.45, 2.75) is 13.5 Å².